The standard InChI is InChI=1S/C9H10FN3.ClH/c10-8-2-1-3-9(7(8)6-12)13-5-4-11;/h1-3,13H,4-5,11H2;1H. The molecule has 0 radical (unpaired) electrons. The second-order valence-electron chi connectivity index (χ2n) is 2.49. The minimum absolute atomic E-state index is 0. The van der Waals surface area contributed by atoms with Crippen LogP contribution in [0.25, 0.3) is 0 Å². The van der Waals surface area contributed by atoms with Gasteiger partial charge in [0.25, 0.3) is 0 Å². The summed E-state index contributed by atoms with van der Waals surface area (Å²) in [5.41, 5.74) is 5.80. The number of anilines is 1. The highest BCUT2D eigenvalue weighted by Gasteiger charge is 2.05. The summed E-state index contributed by atoms with van der Waals surface area (Å²) < 4.78 is 13.0. The van der Waals surface area contributed by atoms with Crippen molar-refractivity contribution in [3.63, 3.8) is 0 Å². The Morgan fingerprint density at radius 1 is 1.50 bits per heavy atom. The van der Waals surface area contributed by atoms with E-state index in [2.05, 4.69) is 5.32 Å². The highest BCUT2D eigenvalue weighted by atomic mass is 35.5. The molecular formula is C9H11ClFN3. The van der Waals surface area contributed by atoms with Crippen molar-refractivity contribution in [2.45, 2.75) is 0 Å². The molecule has 0 heterocycles. The average Bonchev–Trinajstić information content (AvgIpc) is 2.15. The zero-order valence-electron chi connectivity index (χ0n) is 7.46. The van der Waals surface area contributed by atoms with E-state index in [9.17, 15) is 4.39 Å². The molecule has 1 aromatic rings. The topological polar surface area (TPSA) is 61.8 Å². The second kappa shape index (κ2) is 6.19. The molecule has 0 saturated heterocycles. The van der Waals surface area contributed by atoms with Gasteiger partial charge in [0.1, 0.15) is 17.4 Å². The van der Waals surface area contributed by atoms with E-state index in [0.29, 0.717) is 18.8 Å². The van der Waals surface area contributed by atoms with Gasteiger partial charge in [0.2, 0.25) is 0 Å². The molecule has 1 rings (SSSR count). The molecule has 0 unspecified atom stereocenters. The van der Waals surface area contributed by atoms with Gasteiger partial charge in [0, 0.05) is 13.1 Å². The summed E-state index contributed by atoms with van der Waals surface area (Å²) in [6, 6.07) is 6.25. The van der Waals surface area contributed by atoms with E-state index >= 15 is 0 Å². The molecule has 76 valence electrons. The Bertz CT molecular complexity index is 335. The molecular weight excluding hydrogens is 205 g/mol. The summed E-state index contributed by atoms with van der Waals surface area (Å²) in [6.07, 6.45) is 0. The fraction of sp³-hybridized carbons (Fsp3) is 0.222. The van der Waals surface area contributed by atoms with Crippen molar-refractivity contribution < 1.29 is 4.39 Å². The molecule has 0 aliphatic rings. The molecule has 0 fully saturated rings. The van der Waals surface area contributed by atoms with Crippen molar-refractivity contribution in [1.29, 1.82) is 5.26 Å². The minimum atomic E-state index is -0.510. The maximum atomic E-state index is 13.0. The first kappa shape index (κ1) is 12.7. The molecule has 0 spiro atoms. The SMILES string of the molecule is Cl.N#Cc1c(F)cccc1NCCN. The quantitative estimate of drug-likeness (QED) is 0.803. The third-order valence-corrected chi connectivity index (χ3v) is 1.59. The number of nitriles is 1. The van der Waals surface area contributed by atoms with Gasteiger partial charge in [-0.05, 0) is 12.1 Å². The summed E-state index contributed by atoms with van der Waals surface area (Å²) in [4.78, 5) is 0. The largest absolute Gasteiger partial charge is 0.383 e. The fourth-order valence-electron chi connectivity index (χ4n) is 0.992. The van der Waals surface area contributed by atoms with Crippen LogP contribution in [0.2, 0.25) is 0 Å². The summed E-state index contributed by atoms with van der Waals surface area (Å²) in [5.74, 6) is -0.510. The molecule has 0 bridgehead atoms. The number of rotatable bonds is 3. The summed E-state index contributed by atoms with van der Waals surface area (Å²) in [5, 5.41) is 11.5. The van der Waals surface area contributed by atoms with Crippen molar-refractivity contribution in [1.82, 2.24) is 0 Å². The lowest BCUT2D eigenvalue weighted by molar-refractivity contribution is 0.624. The molecule has 3 nitrogen and oxygen atoms in total. The van der Waals surface area contributed by atoms with Crippen LogP contribution in [0.5, 0.6) is 0 Å². The number of hydrogen-bond donors (Lipinski definition) is 2. The van der Waals surface area contributed by atoms with Crippen molar-refractivity contribution in [2.75, 3.05) is 18.4 Å². The average molecular weight is 216 g/mol. The number of halogens is 2. The van der Waals surface area contributed by atoms with Gasteiger partial charge in [-0.25, -0.2) is 4.39 Å². The van der Waals surface area contributed by atoms with Crippen molar-refractivity contribution in [2.24, 2.45) is 5.73 Å². The lowest BCUT2D eigenvalue weighted by atomic mass is 10.2. The van der Waals surface area contributed by atoms with Crippen LogP contribution >= 0.6 is 12.4 Å². The van der Waals surface area contributed by atoms with Crippen molar-refractivity contribution in [3.8, 4) is 6.07 Å². The van der Waals surface area contributed by atoms with E-state index in [0.717, 1.165) is 0 Å². The van der Waals surface area contributed by atoms with E-state index in [-0.39, 0.29) is 18.0 Å². The molecule has 14 heavy (non-hydrogen) atoms. The Balaban J connectivity index is 0.00000169. The normalized spacial score (nSPS) is 8.64. The van der Waals surface area contributed by atoms with Crippen LogP contribution in [-0.2, 0) is 0 Å². The zero-order chi connectivity index (χ0) is 9.68. The summed E-state index contributed by atoms with van der Waals surface area (Å²) in [7, 11) is 0. The van der Waals surface area contributed by atoms with Gasteiger partial charge >= 0.3 is 0 Å². The van der Waals surface area contributed by atoms with E-state index in [4.69, 9.17) is 11.0 Å². The van der Waals surface area contributed by atoms with Crippen LogP contribution in [0, 0.1) is 17.1 Å². The number of hydrogen-bond acceptors (Lipinski definition) is 3. The van der Waals surface area contributed by atoms with E-state index in [1.54, 1.807) is 18.2 Å². The Labute approximate surface area is 88.1 Å². The molecule has 0 saturated carbocycles. The van der Waals surface area contributed by atoms with Crippen LogP contribution in [0.4, 0.5) is 10.1 Å². The third kappa shape index (κ3) is 2.87. The Kier molecular flexibility index (Phi) is 5.61. The molecule has 0 aliphatic heterocycles. The molecule has 1 aromatic carbocycles. The number of nitrogens with one attached hydrogen (secondary N) is 1. The van der Waals surface area contributed by atoms with Gasteiger partial charge in [-0.15, -0.1) is 12.4 Å². The monoisotopic (exact) mass is 215 g/mol. The minimum Gasteiger partial charge on any atom is -0.383 e. The van der Waals surface area contributed by atoms with Crippen LogP contribution in [0.1, 0.15) is 5.56 Å². The first-order valence-electron chi connectivity index (χ1n) is 3.92. The van der Waals surface area contributed by atoms with E-state index < -0.39 is 5.82 Å². The van der Waals surface area contributed by atoms with Crippen LogP contribution in [0.3, 0.4) is 0 Å². The highest BCUT2D eigenvalue weighted by Crippen LogP contribution is 2.16. The van der Waals surface area contributed by atoms with Crippen LogP contribution in [-0.4, -0.2) is 13.1 Å². The Morgan fingerprint density at radius 2 is 2.21 bits per heavy atom. The number of nitrogens with two attached hydrogens (primary N) is 1. The van der Waals surface area contributed by atoms with E-state index in [1.807, 2.05) is 0 Å². The lowest BCUT2D eigenvalue weighted by Crippen LogP contribution is -2.14. The first-order chi connectivity index (χ1) is 6.29. The van der Waals surface area contributed by atoms with Gasteiger partial charge in [0.15, 0.2) is 0 Å². The molecule has 0 amide bonds. The number of benzene rings is 1. The third-order valence-electron chi connectivity index (χ3n) is 1.59. The van der Waals surface area contributed by atoms with Gasteiger partial charge < -0.3 is 11.1 Å². The van der Waals surface area contributed by atoms with E-state index in [1.165, 1.54) is 6.07 Å². The Morgan fingerprint density at radius 3 is 2.79 bits per heavy atom. The van der Waals surface area contributed by atoms with Crippen LogP contribution in [0.15, 0.2) is 18.2 Å². The fourth-order valence-corrected chi connectivity index (χ4v) is 0.992. The number of nitrogens with zero attached hydrogens (tertiary/aromatic N) is 1. The van der Waals surface area contributed by atoms with Crippen molar-refractivity contribution >= 4 is 18.1 Å². The second-order valence-corrected chi connectivity index (χ2v) is 2.49. The molecule has 5 heteroatoms. The predicted octanol–water partition coefficient (Wildman–Crippen LogP) is 1.49. The molecule has 3 N–H and O–H groups in total. The first-order valence-corrected chi connectivity index (χ1v) is 3.92. The zero-order valence-corrected chi connectivity index (χ0v) is 8.27. The van der Waals surface area contributed by atoms with Gasteiger partial charge in [0.05, 0.1) is 5.69 Å². The Hall–Kier alpha value is -1.31. The van der Waals surface area contributed by atoms with Gasteiger partial charge in [-0.1, -0.05) is 6.07 Å². The highest BCUT2D eigenvalue weighted by molar-refractivity contribution is 5.85. The predicted molar refractivity (Wildman–Crippen MR) is 55.9 cm³/mol. The molecule has 0 aromatic heterocycles. The summed E-state index contributed by atoms with van der Waals surface area (Å²) in [6.45, 7) is 0.972. The van der Waals surface area contributed by atoms with Gasteiger partial charge in [-0.3, -0.25) is 0 Å². The summed E-state index contributed by atoms with van der Waals surface area (Å²) >= 11 is 0. The lowest BCUT2D eigenvalue weighted by Gasteiger charge is -2.06. The van der Waals surface area contributed by atoms with Gasteiger partial charge in [-0.2, -0.15) is 5.26 Å². The molecule has 0 atom stereocenters. The smallest absolute Gasteiger partial charge is 0.143 e. The molecule has 0 aliphatic carbocycles. The maximum absolute atomic E-state index is 13.0. The van der Waals surface area contributed by atoms with Crippen LogP contribution < -0.4 is 11.1 Å². The van der Waals surface area contributed by atoms with Crippen molar-refractivity contribution in [3.05, 3.63) is 29.6 Å². The maximum Gasteiger partial charge on any atom is 0.143 e.